The zero-order valence-corrected chi connectivity index (χ0v) is 16.2. The molecule has 2 heterocycles. The van der Waals surface area contributed by atoms with Crippen molar-refractivity contribution < 1.29 is 13.9 Å². The second kappa shape index (κ2) is 7.29. The fourth-order valence-electron chi connectivity index (χ4n) is 3.46. The molecule has 1 aliphatic carbocycles. The first-order chi connectivity index (χ1) is 14.2. The van der Waals surface area contributed by atoms with Gasteiger partial charge in [-0.25, -0.2) is 9.37 Å². The van der Waals surface area contributed by atoms with E-state index in [0.29, 0.717) is 11.6 Å². The maximum absolute atomic E-state index is 13.0. The molecule has 0 atom stereocenters. The van der Waals surface area contributed by atoms with Crippen LogP contribution < -0.4 is 10.1 Å². The topological polar surface area (TPSA) is 69.0 Å². The summed E-state index contributed by atoms with van der Waals surface area (Å²) in [6, 6.07) is 13.5. The number of aryl methyl sites for hydroxylation is 1. The fraction of sp³-hybridized carbons (Fsp3) is 0.190. The minimum absolute atomic E-state index is 0.175. The number of ether oxygens (including phenoxy) is 1. The van der Waals surface area contributed by atoms with Crippen LogP contribution in [0.4, 0.5) is 10.2 Å². The summed E-state index contributed by atoms with van der Waals surface area (Å²) in [6.45, 7) is -0.175. The molecule has 0 unspecified atom stereocenters. The number of nitrogens with one attached hydrogen (secondary N) is 1. The van der Waals surface area contributed by atoms with E-state index < -0.39 is 0 Å². The maximum Gasteiger partial charge on any atom is 0.263 e. The molecule has 1 amide bonds. The lowest BCUT2D eigenvalue weighted by Crippen LogP contribution is -2.22. The molecule has 6 nitrogen and oxygen atoms in total. The van der Waals surface area contributed by atoms with E-state index in [1.807, 2.05) is 24.3 Å². The van der Waals surface area contributed by atoms with Gasteiger partial charge in [-0.05, 0) is 55.7 Å². The van der Waals surface area contributed by atoms with E-state index in [9.17, 15) is 9.18 Å². The molecule has 0 radical (unpaired) electrons. The van der Waals surface area contributed by atoms with Gasteiger partial charge in [0.15, 0.2) is 6.61 Å². The Balaban J connectivity index is 1.40. The first-order valence-corrected chi connectivity index (χ1v) is 10.1. The predicted molar refractivity (Wildman–Crippen MR) is 109 cm³/mol. The number of thiazole rings is 1. The van der Waals surface area contributed by atoms with Crippen molar-refractivity contribution in [3.05, 3.63) is 65.6 Å². The molecule has 1 aliphatic rings. The van der Waals surface area contributed by atoms with Crippen molar-refractivity contribution in [3.8, 4) is 10.9 Å². The number of benzene rings is 2. The van der Waals surface area contributed by atoms with Crippen molar-refractivity contribution in [3.63, 3.8) is 0 Å². The number of hydrogen-bond donors (Lipinski definition) is 1. The molecule has 146 valence electrons. The number of carbonyl (C=O) groups is 1. The van der Waals surface area contributed by atoms with Gasteiger partial charge in [-0.2, -0.15) is 9.78 Å². The largest absolute Gasteiger partial charge is 0.484 e. The Morgan fingerprint density at radius 3 is 2.83 bits per heavy atom. The van der Waals surface area contributed by atoms with E-state index in [1.54, 1.807) is 4.68 Å². The van der Waals surface area contributed by atoms with Crippen molar-refractivity contribution >= 4 is 33.3 Å². The SMILES string of the molecule is O=C(COc1ccc(F)cc1)Nc1c2c(nn1-c1nc3ccccc3s1)CCC2. The second-order valence-electron chi connectivity index (χ2n) is 6.79. The summed E-state index contributed by atoms with van der Waals surface area (Å²) in [6.07, 6.45) is 2.78. The second-order valence-corrected chi connectivity index (χ2v) is 7.80. The Labute approximate surface area is 170 Å². The molecule has 5 rings (SSSR count). The van der Waals surface area contributed by atoms with Gasteiger partial charge in [0, 0.05) is 5.56 Å². The van der Waals surface area contributed by atoms with Gasteiger partial charge in [0.05, 0.1) is 15.9 Å². The third kappa shape index (κ3) is 3.47. The molecular formula is C21H17FN4O2S. The fourth-order valence-corrected chi connectivity index (χ4v) is 4.38. The van der Waals surface area contributed by atoms with E-state index in [-0.39, 0.29) is 18.3 Å². The summed E-state index contributed by atoms with van der Waals surface area (Å²) in [5, 5.41) is 8.37. The van der Waals surface area contributed by atoms with Crippen LogP contribution in [0.25, 0.3) is 15.3 Å². The van der Waals surface area contributed by atoms with Crippen LogP contribution in [0.5, 0.6) is 5.75 Å². The monoisotopic (exact) mass is 408 g/mol. The van der Waals surface area contributed by atoms with Crippen LogP contribution in [0.1, 0.15) is 17.7 Å². The van der Waals surface area contributed by atoms with Gasteiger partial charge in [-0.1, -0.05) is 23.5 Å². The normalized spacial score (nSPS) is 12.9. The van der Waals surface area contributed by atoms with Crippen LogP contribution in [-0.4, -0.2) is 27.3 Å². The van der Waals surface area contributed by atoms with E-state index in [0.717, 1.165) is 45.9 Å². The van der Waals surface area contributed by atoms with Crippen LogP contribution in [0.15, 0.2) is 48.5 Å². The van der Waals surface area contributed by atoms with Gasteiger partial charge in [0.2, 0.25) is 5.13 Å². The molecule has 4 aromatic rings. The lowest BCUT2D eigenvalue weighted by molar-refractivity contribution is -0.118. The highest BCUT2D eigenvalue weighted by Gasteiger charge is 2.25. The highest BCUT2D eigenvalue weighted by Crippen LogP contribution is 2.33. The molecule has 0 saturated heterocycles. The van der Waals surface area contributed by atoms with Gasteiger partial charge in [-0.15, -0.1) is 0 Å². The van der Waals surface area contributed by atoms with Gasteiger partial charge < -0.3 is 10.1 Å². The third-order valence-electron chi connectivity index (χ3n) is 4.81. The average molecular weight is 408 g/mol. The molecule has 2 aromatic heterocycles. The van der Waals surface area contributed by atoms with Crippen molar-refractivity contribution in [2.75, 3.05) is 11.9 Å². The number of hydrogen-bond acceptors (Lipinski definition) is 5. The number of aromatic nitrogens is 3. The number of anilines is 1. The zero-order chi connectivity index (χ0) is 19.8. The molecule has 29 heavy (non-hydrogen) atoms. The highest BCUT2D eigenvalue weighted by atomic mass is 32.1. The average Bonchev–Trinajstić information content (AvgIpc) is 3.42. The Hall–Kier alpha value is -3.26. The smallest absolute Gasteiger partial charge is 0.263 e. The maximum atomic E-state index is 13.0. The Kier molecular flexibility index (Phi) is 4.48. The molecule has 1 N–H and O–H groups in total. The number of halogens is 1. The van der Waals surface area contributed by atoms with Gasteiger partial charge in [0.1, 0.15) is 17.4 Å². The van der Waals surface area contributed by atoms with Crippen LogP contribution >= 0.6 is 11.3 Å². The van der Waals surface area contributed by atoms with Gasteiger partial charge in [0.25, 0.3) is 5.91 Å². The Morgan fingerprint density at radius 2 is 2.00 bits per heavy atom. The quantitative estimate of drug-likeness (QED) is 0.539. The van der Waals surface area contributed by atoms with Gasteiger partial charge in [-0.3, -0.25) is 4.79 Å². The number of para-hydroxylation sites is 1. The van der Waals surface area contributed by atoms with Crippen molar-refractivity contribution in [1.82, 2.24) is 14.8 Å². The van der Waals surface area contributed by atoms with E-state index >= 15 is 0 Å². The summed E-state index contributed by atoms with van der Waals surface area (Å²) in [5.41, 5.74) is 2.96. The summed E-state index contributed by atoms with van der Waals surface area (Å²) in [5.74, 6) is 0.444. The molecule has 8 heteroatoms. The summed E-state index contributed by atoms with van der Waals surface area (Å²) in [4.78, 5) is 17.2. The molecule has 0 saturated carbocycles. The van der Waals surface area contributed by atoms with E-state index in [1.165, 1.54) is 35.6 Å². The molecule has 0 spiro atoms. The Morgan fingerprint density at radius 1 is 1.17 bits per heavy atom. The summed E-state index contributed by atoms with van der Waals surface area (Å²) >= 11 is 1.53. The molecular weight excluding hydrogens is 391 g/mol. The van der Waals surface area contributed by atoms with Crippen molar-refractivity contribution in [1.29, 1.82) is 0 Å². The Bertz CT molecular complexity index is 1170. The number of nitrogens with zero attached hydrogens (tertiary/aromatic N) is 3. The van der Waals surface area contributed by atoms with Crippen LogP contribution in [-0.2, 0) is 17.6 Å². The van der Waals surface area contributed by atoms with Crippen LogP contribution in [0.2, 0.25) is 0 Å². The molecule has 2 aromatic carbocycles. The number of fused-ring (bicyclic) bond motifs is 2. The number of rotatable bonds is 5. The molecule has 0 bridgehead atoms. The van der Waals surface area contributed by atoms with Crippen molar-refractivity contribution in [2.24, 2.45) is 0 Å². The minimum atomic E-state index is -0.350. The predicted octanol–water partition coefficient (Wildman–Crippen LogP) is 4.13. The molecule has 0 aliphatic heterocycles. The standard InChI is InChI=1S/C21H17FN4O2S/c22-13-8-10-14(11-9-13)28-12-19(27)24-20-15-4-3-6-16(15)25-26(20)21-23-17-5-1-2-7-18(17)29-21/h1-2,5,7-11H,3-4,6,12H2,(H,24,27). The van der Waals surface area contributed by atoms with E-state index in [4.69, 9.17) is 9.84 Å². The highest BCUT2D eigenvalue weighted by molar-refractivity contribution is 7.20. The molecule has 0 fully saturated rings. The number of amides is 1. The lowest BCUT2D eigenvalue weighted by Gasteiger charge is -2.10. The summed E-state index contributed by atoms with van der Waals surface area (Å²) in [7, 11) is 0. The van der Waals surface area contributed by atoms with Crippen molar-refractivity contribution in [2.45, 2.75) is 19.3 Å². The van der Waals surface area contributed by atoms with Crippen LogP contribution in [0.3, 0.4) is 0 Å². The van der Waals surface area contributed by atoms with Crippen LogP contribution in [0, 0.1) is 5.82 Å². The number of carbonyl (C=O) groups excluding carboxylic acids is 1. The van der Waals surface area contributed by atoms with Gasteiger partial charge >= 0.3 is 0 Å². The zero-order valence-electron chi connectivity index (χ0n) is 15.4. The third-order valence-corrected chi connectivity index (χ3v) is 5.82. The lowest BCUT2D eigenvalue weighted by atomic mass is 10.2. The van der Waals surface area contributed by atoms with E-state index in [2.05, 4.69) is 10.3 Å². The summed E-state index contributed by atoms with van der Waals surface area (Å²) < 4.78 is 21.3. The first kappa shape index (κ1) is 17.8. The first-order valence-electron chi connectivity index (χ1n) is 9.32. The minimum Gasteiger partial charge on any atom is -0.484 e.